The van der Waals surface area contributed by atoms with Crippen molar-refractivity contribution in [2.45, 2.75) is 19.9 Å². The van der Waals surface area contributed by atoms with Gasteiger partial charge in [-0.15, -0.1) is 0 Å². The van der Waals surface area contributed by atoms with Crippen molar-refractivity contribution in [2.75, 3.05) is 27.2 Å². The Morgan fingerprint density at radius 1 is 1.39 bits per heavy atom. The molecule has 1 rings (SSSR count). The second kappa shape index (κ2) is 7.20. The van der Waals surface area contributed by atoms with Crippen LogP contribution in [0, 0.1) is 6.92 Å². The minimum atomic E-state index is -3.37. The highest BCUT2D eigenvalue weighted by Crippen LogP contribution is 2.13. The third kappa shape index (κ3) is 4.66. The summed E-state index contributed by atoms with van der Waals surface area (Å²) in [5, 5.41) is 6.98. The largest absolute Gasteiger partial charge is 0.320 e. The van der Waals surface area contributed by atoms with Gasteiger partial charge in [-0.3, -0.25) is 0 Å². The number of aryl methyl sites for hydroxylation is 1. The first-order valence-electron chi connectivity index (χ1n) is 5.84. The summed E-state index contributed by atoms with van der Waals surface area (Å²) in [4.78, 5) is 0. The number of nitrogens with zero attached hydrogens (tertiary/aromatic N) is 1. The molecular weight excluding hydrogens is 270 g/mol. The fourth-order valence-electron chi connectivity index (χ4n) is 1.45. The monoisotopic (exact) mass is 291 g/mol. The average molecular weight is 291 g/mol. The van der Waals surface area contributed by atoms with Crippen molar-refractivity contribution in [1.29, 1.82) is 0 Å². The molecule has 1 heterocycles. The van der Waals surface area contributed by atoms with E-state index in [2.05, 4.69) is 10.0 Å². The Hall–Kier alpha value is -0.470. The fourth-order valence-corrected chi connectivity index (χ4v) is 3.23. The minimum Gasteiger partial charge on any atom is -0.320 e. The zero-order chi connectivity index (χ0) is 13.6. The molecule has 0 spiro atoms. The van der Waals surface area contributed by atoms with E-state index in [9.17, 15) is 8.42 Å². The van der Waals surface area contributed by atoms with E-state index in [0.29, 0.717) is 13.1 Å². The first kappa shape index (κ1) is 15.6. The highest BCUT2D eigenvalue weighted by atomic mass is 32.2. The van der Waals surface area contributed by atoms with Gasteiger partial charge in [-0.2, -0.15) is 28.8 Å². The Kier molecular flexibility index (Phi) is 6.24. The summed E-state index contributed by atoms with van der Waals surface area (Å²) in [6.45, 7) is 3.66. The van der Waals surface area contributed by atoms with Crippen molar-refractivity contribution >= 4 is 21.5 Å². The lowest BCUT2D eigenvalue weighted by Crippen LogP contribution is -2.38. The van der Waals surface area contributed by atoms with Crippen molar-refractivity contribution in [3.8, 4) is 0 Å². The second-order valence-electron chi connectivity index (χ2n) is 4.18. The quantitative estimate of drug-likeness (QED) is 0.701. The van der Waals surface area contributed by atoms with Crippen LogP contribution in [0.3, 0.4) is 0 Å². The molecule has 0 unspecified atom stereocenters. The Labute approximate surface area is 113 Å². The summed E-state index contributed by atoms with van der Waals surface area (Å²) in [5.74, 6) is 0. The topological polar surface area (TPSA) is 61.4 Å². The van der Waals surface area contributed by atoms with E-state index in [1.807, 2.05) is 24.7 Å². The van der Waals surface area contributed by atoms with Gasteiger partial charge < -0.3 is 5.32 Å². The summed E-state index contributed by atoms with van der Waals surface area (Å²) in [7, 11) is 0.0756. The normalized spacial score (nSPS) is 12.2. The van der Waals surface area contributed by atoms with Crippen LogP contribution >= 0.6 is 11.3 Å². The predicted molar refractivity (Wildman–Crippen MR) is 76.0 cm³/mol. The molecule has 104 valence electrons. The first-order valence-corrected chi connectivity index (χ1v) is 8.23. The van der Waals surface area contributed by atoms with Gasteiger partial charge in [0, 0.05) is 20.1 Å². The smallest absolute Gasteiger partial charge is 0.279 e. The minimum absolute atomic E-state index is 0.355. The predicted octanol–water partition coefficient (Wildman–Crippen LogP) is 0.932. The molecule has 7 heteroatoms. The second-order valence-corrected chi connectivity index (χ2v) is 6.79. The van der Waals surface area contributed by atoms with E-state index in [1.54, 1.807) is 18.4 Å². The Morgan fingerprint density at radius 2 is 2.11 bits per heavy atom. The molecule has 0 aromatic carbocycles. The summed E-state index contributed by atoms with van der Waals surface area (Å²) >= 11 is 1.59. The lowest BCUT2D eigenvalue weighted by Gasteiger charge is -2.17. The molecule has 0 aliphatic rings. The van der Waals surface area contributed by atoms with Gasteiger partial charge in [-0.1, -0.05) is 0 Å². The molecule has 0 radical (unpaired) electrons. The van der Waals surface area contributed by atoms with Crippen LogP contribution in [0.5, 0.6) is 0 Å². The molecule has 0 bridgehead atoms. The van der Waals surface area contributed by atoms with Gasteiger partial charge in [0.2, 0.25) is 0 Å². The zero-order valence-electron chi connectivity index (χ0n) is 11.1. The number of hydrogen-bond acceptors (Lipinski definition) is 4. The van der Waals surface area contributed by atoms with Gasteiger partial charge in [0.05, 0.1) is 0 Å². The maximum absolute atomic E-state index is 11.9. The number of rotatable bonds is 8. The first-order chi connectivity index (χ1) is 8.47. The van der Waals surface area contributed by atoms with Gasteiger partial charge in [-0.25, -0.2) is 0 Å². The van der Waals surface area contributed by atoms with Crippen molar-refractivity contribution in [3.05, 3.63) is 21.9 Å². The van der Waals surface area contributed by atoms with Crippen molar-refractivity contribution < 1.29 is 8.42 Å². The van der Waals surface area contributed by atoms with E-state index in [-0.39, 0.29) is 0 Å². The van der Waals surface area contributed by atoms with E-state index >= 15 is 0 Å². The van der Waals surface area contributed by atoms with Crippen LogP contribution in [0.25, 0.3) is 0 Å². The lowest BCUT2D eigenvalue weighted by molar-refractivity contribution is 0.447. The average Bonchev–Trinajstić information content (AvgIpc) is 2.72. The molecule has 1 aromatic heterocycles. The summed E-state index contributed by atoms with van der Waals surface area (Å²) in [5.41, 5.74) is 2.16. The van der Waals surface area contributed by atoms with Crippen LogP contribution in [-0.2, 0) is 16.8 Å². The Morgan fingerprint density at radius 3 is 2.67 bits per heavy atom. The van der Waals surface area contributed by atoms with Crippen LogP contribution in [0.4, 0.5) is 0 Å². The molecular formula is C11H21N3O2S2. The maximum atomic E-state index is 11.9. The molecule has 18 heavy (non-hydrogen) atoms. The van der Waals surface area contributed by atoms with Crippen LogP contribution in [0.1, 0.15) is 17.5 Å². The third-order valence-electron chi connectivity index (χ3n) is 2.72. The van der Waals surface area contributed by atoms with Crippen LogP contribution in [0.2, 0.25) is 0 Å². The molecule has 0 saturated heterocycles. The highest BCUT2D eigenvalue weighted by molar-refractivity contribution is 7.87. The summed E-state index contributed by atoms with van der Waals surface area (Å²) < 4.78 is 27.8. The van der Waals surface area contributed by atoms with Gasteiger partial charge >= 0.3 is 0 Å². The van der Waals surface area contributed by atoms with E-state index in [0.717, 1.165) is 24.1 Å². The molecule has 5 nitrogen and oxygen atoms in total. The highest BCUT2D eigenvalue weighted by Gasteiger charge is 2.16. The number of thiophene rings is 1. The molecule has 0 fully saturated rings. The maximum Gasteiger partial charge on any atom is 0.279 e. The molecule has 0 aliphatic heterocycles. The van der Waals surface area contributed by atoms with Gasteiger partial charge in [-0.05, 0) is 48.8 Å². The summed E-state index contributed by atoms with van der Waals surface area (Å²) in [6.07, 6.45) is 0.797. The van der Waals surface area contributed by atoms with Gasteiger partial charge in [0.25, 0.3) is 10.2 Å². The Balaban J connectivity index is 2.46. The molecule has 2 N–H and O–H groups in total. The van der Waals surface area contributed by atoms with Crippen molar-refractivity contribution in [3.63, 3.8) is 0 Å². The summed E-state index contributed by atoms with van der Waals surface area (Å²) in [6, 6.07) is 0. The zero-order valence-corrected chi connectivity index (χ0v) is 12.7. The molecule has 1 aromatic rings. The van der Waals surface area contributed by atoms with E-state index in [1.165, 1.54) is 4.31 Å². The van der Waals surface area contributed by atoms with Crippen LogP contribution < -0.4 is 10.0 Å². The van der Waals surface area contributed by atoms with E-state index < -0.39 is 10.2 Å². The molecule has 0 atom stereocenters. The van der Waals surface area contributed by atoms with Crippen molar-refractivity contribution in [1.82, 2.24) is 14.3 Å². The van der Waals surface area contributed by atoms with Crippen LogP contribution in [-0.4, -0.2) is 39.9 Å². The lowest BCUT2D eigenvalue weighted by atomic mass is 10.2. The molecule has 0 aliphatic carbocycles. The van der Waals surface area contributed by atoms with E-state index in [4.69, 9.17) is 0 Å². The number of hydrogen-bond donors (Lipinski definition) is 2. The molecule has 0 amide bonds. The number of nitrogens with one attached hydrogen (secondary N) is 2. The SMILES string of the molecule is CNCCCN(C)S(=O)(=O)NCc1cscc1C. The van der Waals surface area contributed by atoms with Gasteiger partial charge in [0.15, 0.2) is 0 Å². The standard InChI is InChI=1S/C11H21N3O2S2/c1-10-8-17-9-11(10)7-13-18(15,16)14(3)6-4-5-12-2/h8-9,12-13H,4-7H2,1-3H3. The van der Waals surface area contributed by atoms with Gasteiger partial charge in [0.1, 0.15) is 0 Å². The Bertz CT molecular complexity index is 457. The third-order valence-corrected chi connectivity index (χ3v) is 5.14. The molecule has 0 saturated carbocycles. The fraction of sp³-hybridized carbons (Fsp3) is 0.636. The van der Waals surface area contributed by atoms with Crippen LogP contribution in [0.15, 0.2) is 10.8 Å². The van der Waals surface area contributed by atoms with Crippen molar-refractivity contribution in [2.24, 2.45) is 0 Å².